The number of aryl methyl sites for hydroxylation is 1. The van der Waals surface area contributed by atoms with Crippen LogP contribution in [0, 0.1) is 0 Å². The van der Waals surface area contributed by atoms with E-state index >= 15 is 0 Å². The Kier molecular flexibility index (Phi) is 5.18. The molecule has 8 heteroatoms. The van der Waals surface area contributed by atoms with E-state index in [0.29, 0.717) is 0 Å². The molecule has 160 valence electrons. The zero-order chi connectivity index (χ0) is 22.5. The third kappa shape index (κ3) is 3.45. The molecule has 3 aromatic rings. The molecule has 0 bridgehead atoms. The SMILES string of the molecule is CCn1c(C(O)(c2ccc(C(C)(C)C)cc2)C(F)(F)F)nc2ccc(C(=O)O)cc21. The fourth-order valence-corrected chi connectivity index (χ4v) is 3.48. The number of imidazole rings is 1. The summed E-state index contributed by atoms with van der Waals surface area (Å²) in [5.41, 5.74) is -2.85. The lowest BCUT2D eigenvalue weighted by Crippen LogP contribution is -2.45. The van der Waals surface area contributed by atoms with Crippen LogP contribution in [0.3, 0.4) is 0 Å². The fourth-order valence-electron chi connectivity index (χ4n) is 3.48. The van der Waals surface area contributed by atoms with Gasteiger partial charge in [-0.15, -0.1) is 0 Å². The van der Waals surface area contributed by atoms with Crippen LogP contribution in [0.25, 0.3) is 11.0 Å². The van der Waals surface area contributed by atoms with Crippen LogP contribution < -0.4 is 0 Å². The van der Waals surface area contributed by atoms with E-state index in [-0.39, 0.29) is 34.1 Å². The minimum absolute atomic E-state index is 0.0629. The maximum Gasteiger partial charge on any atom is 0.428 e. The molecule has 5 nitrogen and oxygen atoms in total. The first kappa shape index (κ1) is 21.8. The Balaban J connectivity index is 2.29. The topological polar surface area (TPSA) is 75.3 Å². The predicted octanol–water partition coefficient (Wildman–Crippen LogP) is 4.85. The molecular weight excluding hydrogens is 397 g/mol. The molecule has 0 fully saturated rings. The van der Waals surface area contributed by atoms with Gasteiger partial charge in [0.1, 0.15) is 0 Å². The third-order valence-corrected chi connectivity index (χ3v) is 5.21. The van der Waals surface area contributed by atoms with Gasteiger partial charge in [0.2, 0.25) is 5.60 Å². The Hall–Kier alpha value is -2.87. The number of carbonyl (C=O) groups is 1. The summed E-state index contributed by atoms with van der Waals surface area (Å²) in [6.45, 7) is 7.49. The van der Waals surface area contributed by atoms with E-state index in [1.807, 2.05) is 20.8 Å². The highest BCUT2D eigenvalue weighted by Crippen LogP contribution is 2.45. The number of alkyl halides is 3. The summed E-state index contributed by atoms with van der Waals surface area (Å²) in [5.74, 6) is -1.80. The van der Waals surface area contributed by atoms with Gasteiger partial charge in [0.05, 0.1) is 16.6 Å². The molecule has 2 N–H and O–H groups in total. The van der Waals surface area contributed by atoms with E-state index in [1.165, 1.54) is 34.9 Å². The first-order valence-corrected chi connectivity index (χ1v) is 9.45. The number of halogens is 3. The number of rotatable bonds is 4. The molecule has 2 aromatic carbocycles. The zero-order valence-corrected chi connectivity index (χ0v) is 17.1. The Morgan fingerprint density at radius 2 is 1.60 bits per heavy atom. The van der Waals surface area contributed by atoms with Crippen LogP contribution in [-0.4, -0.2) is 31.9 Å². The standard InChI is InChI=1S/C22H23F3N2O3/c1-5-27-17-12-13(18(28)29)6-11-16(17)26-19(27)21(30,22(23,24)25)15-9-7-14(8-10-15)20(2,3)4/h6-12,30H,5H2,1-4H3,(H,28,29). The van der Waals surface area contributed by atoms with Gasteiger partial charge in [-0.2, -0.15) is 13.2 Å². The van der Waals surface area contributed by atoms with E-state index < -0.39 is 23.6 Å². The van der Waals surface area contributed by atoms with Crippen LogP contribution >= 0.6 is 0 Å². The molecule has 0 saturated heterocycles. The number of hydrogen-bond acceptors (Lipinski definition) is 3. The summed E-state index contributed by atoms with van der Waals surface area (Å²) in [6, 6.07) is 9.52. The normalized spacial score (nSPS) is 14.7. The summed E-state index contributed by atoms with van der Waals surface area (Å²) in [4.78, 5) is 15.4. The number of aromatic nitrogens is 2. The number of benzene rings is 2. The molecule has 0 aliphatic carbocycles. The van der Waals surface area contributed by atoms with Crippen molar-refractivity contribution in [2.75, 3.05) is 0 Å². The summed E-state index contributed by atoms with van der Waals surface area (Å²) < 4.78 is 44.0. The average Bonchev–Trinajstić information content (AvgIpc) is 3.03. The summed E-state index contributed by atoms with van der Waals surface area (Å²) in [5, 5.41) is 20.3. The maximum atomic E-state index is 14.3. The van der Waals surface area contributed by atoms with E-state index in [9.17, 15) is 28.2 Å². The molecule has 1 aromatic heterocycles. The fraction of sp³-hybridized carbons (Fsp3) is 0.364. The van der Waals surface area contributed by atoms with E-state index in [0.717, 1.165) is 5.56 Å². The van der Waals surface area contributed by atoms with Crippen molar-refractivity contribution in [3.8, 4) is 0 Å². The van der Waals surface area contributed by atoms with Gasteiger partial charge in [-0.3, -0.25) is 0 Å². The minimum Gasteiger partial charge on any atom is -0.478 e. The van der Waals surface area contributed by atoms with Gasteiger partial charge in [-0.25, -0.2) is 9.78 Å². The molecule has 0 radical (unpaired) electrons. The Morgan fingerprint density at radius 3 is 2.07 bits per heavy atom. The van der Waals surface area contributed by atoms with E-state index in [1.54, 1.807) is 19.1 Å². The van der Waals surface area contributed by atoms with Crippen LogP contribution in [0.2, 0.25) is 0 Å². The first-order valence-electron chi connectivity index (χ1n) is 9.45. The minimum atomic E-state index is -5.06. The van der Waals surface area contributed by atoms with Crippen molar-refractivity contribution in [2.24, 2.45) is 0 Å². The predicted molar refractivity (Wildman–Crippen MR) is 107 cm³/mol. The number of hydrogen-bond donors (Lipinski definition) is 2. The van der Waals surface area contributed by atoms with Crippen LogP contribution in [0.5, 0.6) is 0 Å². The van der Waals surface area contributed by atoms with Gasteiger partial charge in [0.15, 0.2) is 5.82 Å². The van der Waals surface area contributed by atoms with Crippen LogP contribution in [0.1, 0.15) is 55.0 Å². The van der Waals surface area contributed by atoms with Gasteiger partial charge >= 0.3 is 12.1 Å². The lowest BCUT2D eigenvalue weighted by Gasteiger charge is -2.31. The van der Waals surface area contributed by atoms with Crippen LogP contribution in [0.4, 0.5) is 13.2 Å². The van der Waals surface area contributed by atoms with Crippen molar-refractivity contribution in [1.82, 2.24) is 9.55 Å². The highest BCUT2D eigenvalue weighted by molar-refractivity contribution is 5.92. The smallest absolute Gasteiger partial charge is 0.428 e. The van der Waals surface area contributed by atoms with E-state index in [2.05, 4.69) is 4.98 Å². The third-order valence-electron chi connectivity index (χ3n) is 5.21. The second-order valence-corrected chi connectivity index (χ2v) is 8.22. The number of nitrogens with zero attached hydrogens (tertiary/aromatic N) is 2. The first-order chi connectivity index (χ1) is 13.8. The second kappa shape index (κ2) is 7.12. The van der Waals surface area contributed by atoms with Crippen molar-refractivity contribution in [1.29, 1.82) is 0 Å². The van der Waals surface area contributed by atoms with Crippen molar-refractivity contribution in [3.63, 3.8) is 0 Å². The molecule has 0 aliphatic heterocycles. The summed E-state index contributed by atoms with van der Waals surface area (Å²) >= 11 is 0. The molecule has 3 rings (SSSR count). The van der Waals surface area contributed by atoms with Gasteiger partial charge in [0.25, 0.3) is 0 Å². The number of carboxylic acids is 1. The Bertz CT molecular complexity index is 1100. The number of aliphatic hydroxyl groups is 1. The van der Waals surface area contributed by atoms with E-state index in [4.69, 9.17) is 0 Å². The highest BCUT2D eigenvalue weighted by atomic mass is 19.4. The molecule has 0 spiro atoms. The van der Waals surface area contributed by atoms with Gasteiger partial charge in [0, 0.05) is 12.1 Å². The zero-order valence-electron chi connectivity index (χ0n) is 17.1. The quantitative estimate of drug-likeness (QED) is 0.633. The summed E-state index contributed by atoms with van der Waals surface area (Å²) in [6.07, 6.45) is -5.06. The highest BCUT2D eigenvalue weighted by Gasteiger charge is 2.59. The van der Waals surface area contributed by atoms with Crippen molar-refractivity contribution < 1.29 is 28.2 Å². The molecule has 0 amide bonds. The van der Waals surface area contributed by atoms with Crippen LogP contribution in [0.15, 0.2) is 42.5 Å². The maximum absolute atomic E-state index is 14.3. The largest absolute Gasteiger partial charge is 0.478 e. The second-order valence-electron chi connectivity index (χ2n) is 8.22. The number of fused-ring (bicyclic) bond motifs is 1. The Morgan fingerprint density at radius 1 is 1.03 bits per heavy atom. The van der Waals surface area contributed by atoms with Crippen molar-refractivity contribution in [2.45, 2.75) is 51.4 Å². The molecule has 30 heavy (non-hydrogen) atoms. The van der Waals surface area contributed by atoms with Crippen molar-refractivity contribution >= 4 is 17.0 Å². The summed E-state index contributed by atoms with van der Waals surface area (Å²) in [7, 11) is 0. The van der Waals surface area contributed by atoms with Crippen molar-refractivity contribution in [3.05, 3.63) is 65.0 Å². The molecule has 0 aliphatic rings. The molecular formula is C22H23F3N2O3. The van der Waals surface area contributed by atoms with Gasteiger partial charge in [-0.1, -0.05) is 45.0 Å². The number of carboxylic acid groups (broad SMARTS) is 1. The average molecular weight is 420 g/mol. The molecule has 1 heterocycles. The van der Waals surface area contributed by atoms with Crippen LogP contribution in [-0.2, 0) is 17.6 Å². The lowest BCUT2D eigenvalue weighted by molar-refractivity contribution is -0.252. The molecule has 0 saturated carbocycles. The van der Waals surface area contributed by atoms with Gasteiger partial charge in [-0.05, 0) is 36.1 Å². The van der Waals surface area contributed by atoms with Gasteiger partial charge < -0.3 is 14.8 Å². The Labute approximate surface area is 171 Å². The monoisotopic (exact) mass is 420 g/mol. The molecule has 1 atom stereocenters. The number of aromatic carboxylic acids is 1. The molecule has 1 unspecified atom stereocenters. The lowest BCUT2D eigenvalue weighted by atomic mass is 9.84.